The van der Waals surface area contributed by atoms with Crippen molar-refractivity contribution in [2.75, 3.05) is 0 Å². The molecular formula is C8H3NO4. The predicted molar refractivity (Wildman–Crippen MR) is 41.6 cm³/mol. The van der Waals surface area contributed by atoms with E-state index < -0.39 is 11.9 Å². The van der Waals surface area contributed by atoms with Gasteiger partial charge in [-0.15, -0.1) is 4.91 Å². The molecule has 0 amide bonds. The number of hydrogen-bond donors (Lipinski definition) is 0. The molecule has 5 heteroatoms. The van der Waals surface area contributed by atoms with Crippen LogP contribution >= 0.6 is 0 Å². The molecule has 0 N–H and O–H groups in total. The number of ether oxygens (including phenoxy) is 1. The van der Waals surface area contributed by atoms with Gasteiger partial charge in [-0.25, -0.2) is 9.59 Å². The molecule has 2 rings (SSSR count). The Morgan fingerprint density at radius 1 is 1.15 bits per heavy atom. The van der Waals surface area contributed by atoms with Crippen molar-refractivity contribution in [3.8, 4) is 0 Å². The highest BCUT2D eigenvalue weighted by Crippen LogP contribution is 2.28. The van der Waals surface area contributed by atoms with Gasteiger partial charge >= 0.3 is 11.9 Å². The fraction of sp³-hybridized carbons (Fsp3) is 0. The lowest BCUT2D eigenvalue weighted by Crippen LogP contribution is -1.97. The summed E-state index contributed by atoms with van der Waals surface area (Å²) >= 11 is 0. The Labute approximate surface area is 72.3 Å². The summed E-state index contributed by atoms with van der Waals surface area (Å²) in [7, 11) is 0. The van der Waals surface area contributed by atoms with Crippen LogP contribution in [0.5, 0.6) is 0 Å². The van der Waals surface area contributed by atoms with Crippen LogP contribution < -0.4 is 0 Å². The van der Waals surface area contributed by atoms with Crippen molar-refractivity contribution in [2.24, 2.45) is 5.18 Å². The van der Waals surface area contributed by atoms with Crippen LogP contribution in [0.15, 0.2) is 23.4 Å². The molecule has 1 aromatic rings. The molecule has 0 unspecified atom stereocenters. The number of cyclic esters (lactones) is 2. The SMILES string of the molecule is O=Nc1cccc2c1C(=O)OC2=O. The lowest BCUT2D eigenvalue weighted by molar-refractivity contribution is 0.0444. The molecule has 64 valence electrons. The zero-order valence-electron chi connectivity index (χ0n) is 6.31. The second-order valence-electron chi connectivity index (χ2n) is 2.47. The third kappa shape index (κ3) is 0.936. The van der Waals surface area contributed by atoms with Gasteiger partial charge in [0, 0.05) is 0 Å². The first-order valence-corrected chi connectivity index (χ1v) is 3.47. The Bertz CT molecular complexity index is 424. The van der Waals surface area contributed by atoms with Crippen molar-refractivity contribution >= 4 is 17.6 Å². The average molecular weight is 177 g/mol. The summed E-state index contributed by atoms with van der Waals surface area (Å²) in [5.41, 5.74) is -0.00190. The summed E-state index contributed by atoms with van der Waals surface area (Å²) in [4.78, 5) is 32.2. The van der Waals surface area contributed by atoms with Gasteiger partial charge < -0.3 is 4.74 Å². The van der Waals surface area contributed by atoms with Crippen molar-refractivity contribution in [1.82, 2.24) is 0 Å². The molecular weight excluding hydrogens is 174 g/mol. The molecule has 0 aromatic heterocycles. The fourth-order valence-electron chi connectivity index (χ4n) is 1.19. The summed E-state index contributed by atoms with van der Waals surface area (Å²) < 4.78 is 4.30. The highest BCUT2D eigenvalue weighted by atomic mass is 16.6. The van der Waals surface area contributed by atoms with Gasteiger partial charge in [0.2, 0.25) is 0 Å². The summed E-state index contributed by atoms with van der Waals surface area (Å²) in [5.74, 6) is -1.54. The highest BCUT2D eigenvalue weighted by Gasteiger charge is 2.32. The Hall–Kier alpha value is -2.04. The number of hydrogen-bond acceptors (Lipinski definition) is 5. The summed E-state index contributed by atoms with van der Waals surface area (Å²) in [6.07, 6.45) is 0. The first kappa shape index (κ1) is 7.60. The van der Waals surface area contributed by atoms with Crippen molar-refractivity contribution < 1.29 is 14.3 Å². The third-order valence-electron chi connectivity index (χ3n) is 1.75. The summed E-state index contributed by atoms with van der Waals surface area (Å²) in [6.45, 7) is 0. The Kier molecular flexibility index (Phi) is 1.45. The molecule has 0 atom stereocenters. The Morgan fingerprint density at radius 3 is 2.62 bits per heavy atom. The molecule has 0 saturated heterocycles. The predicted octanol–water partition coefficient (Wildman–Crippen LogP) is 1.40. The van der Waals surface area contributed by atoms with Gasteiger partial charge in [-0.05, 0) is 17.3 Å². The summed E-state index contributed by atoms with van der Waals surface area (Å²) in [6, 6.07) is 4.23. The van der Waals surface area contributed by atoms with E-state index in [0.29, 0.717) is 0 Å². The second-order valence-corrected chi connectivity index (χ2v) is 2.47. The Balaban J connectivity index is 2.75. The van der Waals surface area contributed by atoms with Crippen molar-refractivity contribution in [2.45, 2.75) is 0 Å². The minimum Gasteiger partial charge on any atom is -0.386 e. The largest absolute Gasteiger partial charge is 0.386 e. The van der Waals surface area contributed by atoms with E-state index in [4.69, 9.17) is 0 Å². The molecule has 1 heterocycles. The van der Waals surface area contributed by atoms with Crippen LogP contribution in [0.25, 0.3) is 0 Å². The first-order valence-electron chi connectivity index (χ1n) is 3.47. The zero-order chi connectivity index (χ0) is 9.42. The smallest absolute Gasteiger partial charge is 0.349 e. The van der Waals surface area contributed by atoms with E-state index >= 15 is 0 Å². The van der Waals surface area contributed by atoms with E-state index in [9.17, 15) is 14.5 Å². The number of nitrogens with zero attached hydrogens (tertiary/aromatic N) is 1. The van der Waals surface area contributed by atoms with E-state index in [1.165, 1.54) is 18.2 Å². The number of fused-ring (bicyclic) bond motifs is 1. The number of carbonyl (C=O) groups is 2. The molecule has 0 saturated carbocycles. The molecule has 13 heavy (non-hydrogen) atoms. The van der Waals surface area contributed by atoms with Crippen molar-refractivity contribution in [3.63, 3.8) is 0 Å². The first-order chi connectivity index (χ1) is 6.24. The quantitative estimate of drug-likeness (QED) is 0.369. The number of esters is 2. The maximum Gasteiger partial charge on any atom is 0.349 e. The molecule has 0 bridgehead atoms. The molecule has 1 aliphatic rings. The van der Waals surface area contributed by atoms with Gasteiger partial charge in [-0.3, -0.25) is 0 Å². The van der Waals surface area contributed by atoms with Gasteiger partial charge in [0.25, 0.3) is 0 Å². The van der Waals surface area contributed by atoms with Gasteiger partial charge in [0.1, 0.15) is 11.3 Å². The van der Waals surface area contributed by atoms with Gasteiger partial charge in [0.15, 0.2) is 0 Å². The van der Waals surface area contributed by atoms with Crippen LogP contribution in [0.4, 0.5) is 5.69 Å². The molecule has 1 aliphatic heterocycles. The van der Waals surface area contributed by atoms with Crippen LogP contribution in [-0.4, -0.2) is 11.9 Å². The normalized spacial score (nSPS) is 13.8. The number of rotatable bonds is 1. The van der Waals surface area contributed by atoms with Gasteiger partial charge in [-0.1, -0.05) is 6.07 Å². The molecule has 0 spiro atoms. The van der Waals surface area contributed by atoms with Gasteiger partial charge in [0.05, 0.1) is 5.56 Å². The van der Waals surface area contributed by atoms with Crippen molar-refractivity contribution in [3.05, 3.63) is 34.2 Å². The molecule has 0 radical (unpaired) electrons. The van der Waals surface area contributed by atoms with Crippen LogP contribution in [0.2, 0.25) is 0 Å². The third-order valence-corrected chi connectivity index (χ3v) is 1.75. The van der Waals surface area contributed by atoms with E-state index in [1.807, 2.05) is 0 Å². The minimum atomic E-state index is -0.810. The van der Waals surface area contributed by atoms with E-state index in [1.54, 1.807) is 0 Å². The molecule has 5 nitrogen and oxygen atoms in total. The maximum atomic E-state index is 11.0. The summed E-state index contributed by atoms with van der Waals surface area (Å²) in [5, 5.41) is 2.62. The van der Waals surface area contributed by atoms with E-state index in [-0.39, 0.29) is 16.8 Å². The molecule has 0 fully saturated rings. The number of carbonyl (C=O) groups excluding carboxylic acids is 2. The molecule has 1 aromatic carbocycles. The highest BCUT2D eigenvalue weighted by molar-refractivity contribution is 6.17. The lowest BCUT2D eigenvalue weighted by Gasteiger charge is -1.92. The van der Waals surface area contributed by atoms with Crippen LogP contribution in [0, 0.1) is 4.91 Å². The fourth-order valence-corrected chi connectivity index (χ4v) is 1.19. The maximum absolute atomic E-state index is 11.0. The zero-order valence-corrected chi connectivity index (χ0v) is 6.31. The minimum absolute atomic E-state index is 0.0394. The van der Waals surface area contributed by atoms with Crippen LogP contribution in [0.1, 0.15) is 20.7 Å². The standard InChI is InChI=1S/C8H3NO4/c10-7-4-2-1-3-5(9-12)6(4)8(11)13-7/h1-3H. The van der Waals surface area contributed by atoms with Crippen LogP contribution in [-0.2, 0) is 4.74 Å². The van der Waals surface area contributed by atoms with E-state index in [2.05, 4.69) is 9.91 Å². The van der Waals surface area contributed by atoms with Gasteiger partial charge in [-0.2, -0.15) is 0 Å². The van der Waals surface area contributed by atoms with Crippen LogP contribution in [0.3, 0.4) is 0 Å². The molecule has 0 aliphatic carbocycles. The monoisotopic (exact) mass is 177 g/mol. The second kappa shape index (κ2) is 2.48. The average Bonchev–Trinajstić information content (AvgIpc) is 2.43. The van der Waals surface area contributed by atoms with Crippen molar-refractivity contribution in [1.29, 1.82) is 0 Å². The lowest BCUT2D eigenvalue weighted by atomic mass is 10.1. The Morgan fingerprint density at radius 2 is 1.92 bits per heavy atom. The van der Waals surface area contributed by atoms with E-state index in [0.717, 1.165) is 0 Å². The number of nitroso groups, excluding NO2 is 1. The number of benzene rings is 1. The topological polar surface area (TPSA) is 72.8 Å².